The van der Waals surface area contributed by atoms with E-state index in [0.717, 1.165) is 56.1 Å². The molecule has 2 saturated carbocycles. The van der Waals surface area contributed by atoms with E-state index < -0.39 is 5.60 Å². The second-order valence-electron chi connectivity index (χ2n) is 13.1. The first-order valence-electron chi connectivity index (χ1n) is 15.2. The Kier molecular flexibility index (Phi) is 5.50. The van der Waals surface area contributed by atoms with Crippen LogP contribution in [0.2, 0.25) is 0 Å². The molecule has 2 aromatic rings. The molecule has 2 aromatic carbocycles. The van der Waals surface area contributed by atoms with Crippen LogP contribution in [0.3, 0.4) is 0 Å². The molecule has 4 bridgehead atoms. The van der Waals surface area contributed by atoms with Gasteiger partial charge in [0, 0.05) is 37.2 Å². The zero-order chi connectivity index (χ0) is 27.1. The minimum atomic E-state index is -0.812. The summed E-state index contributed by atoms with van der Waals surface area (Å²) in [4.78, 5) is 16.9. The third-order valence-electron chi connectivity index (χ3n) is 11.4. The van der Waals surface area contributed by atoms with Gasteiger partial charge in [0.1, 0.15) is 11.7 Å². The Balaban J connectivity index is 1.17. The van der Waals surface area contributed by atoms with Gasteiger partial charge in [0.25, 0.3) is 0 Å². The number of amides is 1. The van der Waals surface area contributed by atoms with Crippen LogP contribution in [-0.2, 0) is 27.8 Å². The predicted molar refractivity (Wildman–Crippen MR) is 153 cm³/mol. The normalized spacial score (nSPS) is 36.2. The number of methoxy groups -OCH3 is 2. The van der Waals surface area contributed by atoms with E-state index >= 15 is 0 Å². The maximum absolute atomic E-state index is 14.1. The smallest absolute Gasteiger partial charge is 0.226 e. The summed E-state index contributed by atoms with van der Waals surface area (Å²) in [6, 6.07) is 15.2. The average molecular weight is 541 g/mol. The number of hydrogen-bond acceptors (Lipinski definition) is 5. The summed E-state index contributed by atoms with van der Waals surface area (Å²) in [5.41, 5.74) is 2.85. The fourth-order valence-corrected chi connectivity index (χ4v) is 9.50. The van der Waals surface area contributed by atoms with Gasteiger partial charge in [0.15, 0.2) is 11.5 Å². The lowest BCUT2D eigenvalue weighted by atomic mass is 9.37. The highest BCUT2D eigenvalue weighted by Gasteiger charge is 2.80. The number of benzene rings is 2. The molecule has 0 radical (unpaired) electrons. The third kappa shape index (κ3) is 3.15. The minimum absolute atomic E-state index is 0.0950. The zero-order valence-corrected chi connectivity index (χ0v) is 23.7. The Morgan fingerprint density at radius 3 is 2.75 bits per heavy atom. The van der Waals surface area contributed by atoms with Gasteiger partial charge in [-0.25, -0.2) is 0 Å². The molecule has 6 atom stereocenters. The standard InChI is InChI=1S/C34H40N2O4/c1-38-26-13-12-24-19-27-32-14-15-34(39-2,25(20-32)30(37)35-17-6-9-22-7-4-3-5-8-22)31-33(32,28(24)29(26)40-31)16-18-36(27)21-23-10-11-23/h3-5,7-8,12-15,23,25,27,31H,6,9-11,16-21H2,1-2H3,(H,35,37)/t25-,27+,31?,32-,33+,34?/m1/s1. The molecule has 0 aromatic heterocycles. The van der Waals surface area contributed by atoms with E-state index in [1.54, 1.807) is 14.2 Å². The lowest BCUT2D eigenvalue weighted by Gasteiger charge is -2.71. The van der Waals surface area contributed by atoms with Crippen molar-refractivity contribution in [3.05, 3.63) is 71.3 Å². The topological polar surface area (TPSA) is 60.0 Å². The molecule has 9 rings (SSSR count). The lowest BCUT2D eigenvalue weighted by Crippen LogP contribution is -2.80. The second kappa shape index (κ2) is 8.83. The number of rotatable bonds is 9. The Hall–Kier alpha value is -2.83. The number of fused-ring (bicyclic) bond motifs is 1. The predicted octanol–water partition coefficient (Wildman–Crippen LogP) is 4.44. The number of carbonyl (C=O) groups excluding carboxylic acids is 1. The van der Waals surface area contributed by atoms with Crippen molar-refractivity contribution in [1.29, 1.82) is 0 Å². The third-order valence-corrected chi connectivity index (χ3v) is 11.4. The van der Waals surface area contributed by atoms with Crippen LogP contribution in [-0.4, -0.2) is 62.4 Å². The van der Waals surface area contributed by atoms with E-state index in [9.17, 15) is 4.79 Å². The number of ether oxygens (including phenoxy) is 3. The average Bonchev–Trinajstić information content (AvgIpc) is 3.73. The lowest BCUT2D eigenvalue weighted by molar-refractivity contribution is -0.215. The van der Waals surface area contributed by atoms with E-state index in [1.165, 1.54) is 36.1 Å². The first-order valence-corrected chi connectivity index (χ1v) is 15.2. The van der Waals surface area contributed by atoms with Crippen molar-refractivity contribution < 1.29 is 19.0 Å². The van der Waals surface area contributed by atoms with Crippen LogP contribution in [0.25, 0.3) is 0 Å². The summed E-state index contributed by atoms with van der Waals surface area (Å²) in [6.45, 7) is 2.90. The van der Waals surface area contributed by atoms with E-state index in [-0.39, 0.29) is 28.8 Å². The Morgan fingerprint density at radius 1 is 1.12 bits per heavy atom. The molecule has 1 amide bonds. The van der Waals surface area contributed by atoms with Crippen molar-refractivity contribution in [3.8, 4) is 11.5 Å². The molecule has 2 aliphatic heterocycles. The summed E-state index contributed by atoms with van der Waals surface area (Å²) in [7, 11) is 3.49. The Morgan fingerprint density at radius 2 is 1.98 bits per heavy atom. The Bertz CT molecular complexity index is 1370. The first-order chi connectivity index (χ1) is 19.6. The van der Waals surface area contributed by atoms with Gasteiger partial charge < -0.3 is 19.5 Å². The van der Waals surface area contributed by atoms with Gasteiger partial charge in [-0.15, -0.1) is 0 Å². The van der Waals surface area contributed by atoms with Crippen molar-refractivity contribution in [2.75, 3.05) is 33.9 Å². The van der Waals surface area contributed by atoms with Crippen molar-refractivity contribution >= 4 is 5.91 Å². The quantitative estimate of drug-likeness (QED) is 0.376. The van der Waals surface area contributed by atoms with Crippen LogP contribution in [0.15, 0.2) is 54.6 Å². The fraction of sp³-hybridized carbons (Fsp3) is 0.559. The maximum Gasteiger partial charge on any atom is 0.226 e. The number of carbonyl (C=O) groups is 1. The van der Waals surface area contributed by atoms with Gasteiger partial charge >= 0.3 is 0 Å². The fourth-order valence-electron chi connectivity index (χ4n) is 9.50. The van der Waals surface area contributed by atoms with Crippen molar-refractivity contribution in [2.45, 2.75) is 68.1 Å². The molecule has 2 heterocycles. The molecular formula is C34H40N2O4. The number of nitrogens with zero attached hydrogens (tertiary/aromatic N) is 1. The van der Waals surface area contributed by atoms with E-state index in [0.29, 0.717) is 12.6 Å². The second-order valence-corrected chi connectivity index (χ2v) is 13.1. The SMILES string of the molecule is COc1ccc2c3c1OC1C4(OC)C=C[C@@]5(C[C@@H]4C(=O)NCCCc4ccccc4)[C@H](C2)N(CC2CC2)CC[C@]315. The zero-order valence-electron chi connectivity index (χ0n) is 23.7. The van der Waals surface area contributed by atoms with Gasteiger partial charge in [-0.2, -0.15) is 0 Å². The monoisotopic (exact) mass is 540 g/mol. The van der Waals surface area contributed by atoms with Crippen molar-refractivity contribution in [1.82, 2.24) is 10.2 Å². The number of likely N-dealkylation sites (tertiary alicyclic amines) is 1. The number of piperidine rings is 1. The highest BCUT2D eigenvalue weighted by Crippen LogP contribution is 2.74. The van der Waals surface area contributed by atoms with Crippen LogP contribution in [0.5, 0.6) is 11.5 Å². The van der Waals surface area contributed by atoms with Crippen LogP contribution >= 0.6 is 0 Å². The molecule has 210 valence electrons. The number of nitrogens with one attached hydrogen (secondary N) is 1. The van der Waals surface area contributed by atoms with Gasteiger partial charge in [0.05, 0.1) is 18.4 Å². The van der Waals surface area contributed by atoms with Crippen molar-refractivity contribution in [2.24, 2.45) is 17.3 Å². The largest absolute Gasteiger partial charge is 0.493 e. The molecule has 2 unspecified atom stereocenters. The molecule has 1 N–H and O–H groups in total. The molecule has 40 heavy (non-hydrogen) atoms. The molecule has 2 spiro atoms. The summed E-state index contributed by atoms with van der Waals surface area (Å²) in [6.07, 6.45) is 11.8. The van der Waals surface area contributed by atoms with Crippen LogP contribution in [0.1, 0.15) is 48.8 Å². The summed E-state index contributed by atoms with van der Waals surface area (Å²) < 4.78 is 19.3. The molecule has 6 heteroatoms. The maximum atomic E-state index is 14.1. The van der Waals surface area contributed by atoms with E-state index in [4.69, 9.17) is 14.2 Å². The van der Waals surface area contributed by atoms with Gasteiger partial charge in [-0.1, -0.05) is 48.6 Å². The first kappa shape index (κ1) is 24.9. The van der Waals surface area contributed by atoms with E-state index in [2.05, 4.69) is 58.8 Å². The number of hydrogen-bond donors (Lipinski definition) is 1. The van der Waals surface area contributed by atoms with E-state index in [1.807, 2.05) is 6.07 Å². The van der Waals surface area contributed by atoms with Crippen LogP contribution in [0, 0.1) is 17.3 Å². The van der Waals surface area contributed by atoms with Crippen molar-refractivity contribution in [3.63, 3.8) is 0 Å². The summed E-state index contributed by atoms with van der Waals surface area (Å²) in [5, 5.41) is 3.32. The van der Waals surface area contributed by atoms with Gasteiger partial charge in [0.2, 0.25) is 5.91 Å². The van der Waals surface area contributed by atoms with Gasteiger partial charge in [-0.3, -0.25) is 9.69 Å². The van der Waals surface area contributed by atoms with Gasteiger partial charge in [-0.05, 0) is 74.6 Å². The molecular weight excluding hydrogens is 500 g/mol. The minimum Gasteiger partial charge on any atom is -0.493 e. The highest BCUT2D eigenvalue weighted by molar-refractivity contribution is 5.82. The summed E-state index contributed by atoms with van der Waals surface area (Å²) in [5.74, 6) is 2.30. The molecule has 3 fully saturated rings. The highest BCUT2D eigenvalue weighted by atomic mass is 16.6. The molecule has 1 saturated heterocycles. The Labute approximate surface area is 237 Å². The van der Waals surface area contributed by atoms with Crippen LogP contribution < -0.4 is 14.8 Å². The molecule has 7 aliphatic rings. The summed E-state index contributed by atoms with van der Waals surface area (Å²) >= 11 is 0. The molecule has 5 aliphatic carbocycles. The number of aryl methyl sites for hydroxylation is 1. The van der Waals surface area contributed by atoms with Crippen LogP contribution in [0.4, 0.5) is 0 Å². The molecule has 6 nitrogen and oxygen atoms in total.